The Hall–Kier alpha value is -3.94. The molecule has 4 aromatic carbocycles. The number of nitrogens with zero attached hydrogens (tertiary/aromatic N) is 1. The van der Waals surface area contributed by atoms with Gasteiger partial charge in [-0.15, -0.1) is 0 Å². The molecular formula is C29H20BrClN2O4. The fourth-order valence-corrected chi connectivity index (χ4v) is 4.58. The normalized spacial score (nSPS) is 14.8. The molecule has 0 aliphatic carbocycles. The number of carbonyl (C=O) groups is 3. The van der Waals surface area contributed by atoms with E-state index in [1.807, 2.05) is 49.4 Å². The highest BCUT2D eigenvalue weighted by Gasteiger charge is 2.37. The van der Waals surface area contributed by atoms with Gasteiger partial charge in [-0.25, -0.2) is 9.69 Å². The molecule has 0 unspecified atom stereocenters. The van der Waals surface area contributed by atoms with Crippen LogP contribution < -0.4 is 15.0 Å². The minimum Gasteiger partial charge on any atom is -0.488 e. The highest BCUT2D eigenvalue weighted by molar-refractivity contribution is 9.10. The molecule has 184 valence electrons. The molecule has 1 aliphatic rings. The summed E-state index contributed by atoms with van der Waals surface area (Å²) < 4.78 is 6.96. The van der Waals surface area contributed by atoms with Crippen molar-refractivity contribution in [3.8, 4) is 5.75 Å². The van der Waals surface area contributed by atoms with Crippen LogP contribution in [-0.2, 0) is 16.2 Å². The number of amides is 4. The first kappa shape index (κ1) is 24.7. The van der Waals surface area contributed by atoms with E-state index in [9.17, 15) is 14.4 Å². The molecule has 0 aromatic heterocycles. The third-order valence-corrected chi connectivity index (χ3v) is 7.16. The van der Waals surface area contributed by atoms with Crippen LogP contribution in [0.25, 0.3) is 16.8 Å². The first-order valence-electron chi connectivity index (χ1n) is 11.4. The van der Waals surface area contributed by atoms with Crippen LogP contribution in [0.3, 0.4) is 0 Å². The van der Waals surface area contributed by atoms with Crippen LogP contribution in [0, 0.1) is 6.92 Å². The summed E-state index contributed by atoms with van der Waals surface area (Å²) in [5.41, 5.74) is 2.39. The Morgan fingerprint density at radius 2 is 1.76 bits per heavy atom. The molecule has 4 aromatic rings. The SMILES string of the molecule is Cc1cc(N2C(=O)NC(=O)/C(=C/c3cc(Cl)ccc3OCc3cccc4ccccc34)C2=O)ccc1Br. The molecule has 6 nitrogen and oxygen atoms in total. The van der Waals surface area contributed by atoms with Crippen LogP contribution in [0.4, 0.5) is 10.5 Å². The van der Waals surface area contributed by atoms with Gasteiger partial charge >= 0.3 is 6.03 Å². The molecule has 1 N–H and O–H groups in total. The average molecular weight is 576 g/mol. The summed E-state index contributed by atoms with van der Waals surface area (Å²) in [6, 6.07) is 23.2. The van der Waals surface area contributed by atoms with E-state index >= 15 is 0 Å². The number of nitrogens with one attached hydrogen (secondary N) is 1. The highest BCUT2D eigenvalue weighted by Crippen LogP contribution is 2.30. The maximum atomic E-state index is 13.4. The van der Waals surface area contributed by atoms with Gasteiger partial charge in [-0.1, -0.05) is 70.0 Å². The number of imide groups is 2. The molecule has 0 spiro atoms. The first-order chi connectivity index (χ1) is 17.8. The molecule has 1 heterocycles. The van der Waals surface area contributed by atoms with Crippen molar-refractivity contribution in [2.24, 2.45) is 0 Å². The van der Waals surface area contributed by atoms with Crippen molar-refractivity contribution in [1.82, 2.24) is 5.32 Å². The molecule has 37 heavy (non-hydrogen) atoms. The number of halogens is 2. The number of benzene rings is 4. The molecule has 5 rings (SSSR count). The third kappa shape index (κ3) is 5.01. The van der Waals surface area contributed by atoms with E-state index in [0.29, 0.717) is 22.0 Å². The molecule has 8 heteroatoms. The summed E-state index contributed by atoms with van der Waals surface area (Å²) in [4.78, 5) is 39.6. The third-order valence-electron chi connectivity index (χ3n) is 6.04. The molecule has 0 bridgehead atoms. The number of carbonyl (C=O) groups excluding carboxylic acids is 3. The van der Waals surface area contributed by atoms with Gasteiger partial charge in [0.1, 0.15) is 17.9 Å². The average Bonchev–Trinajstić information content (AvgIpc) is 2.88. The molecule has 4 amide bonds. The number of barbiturate groups is 1. The number of rotatable bonds is 5. The lowest BCUT2D eigenvalue weighted by molar-refractivity contribution is -0.122. The van der Waals surface area contributed by atoms with E-state index in [1.165, 1.54) is 6.08 Å². The molecular weight excluding hydrogens is 556 g/mol. The van der Waals surface area contributed by atoms with Crippen molar-refractivity contribution in [3.05, 3.63) is 111 Å². The van der Waals surface area contributed by atoms with Gasteiger partial charge in [-0.05, 0) is 71.3 Å². The van der Waals surface area contributed by atoms with Crippen molar-refractivity contribution >= 4 is 67.9 Å². The number of urea groups is 1. The predicted octanol–water partition coefficient (Wildman–Crippen LogP) is 6.81. The van der Waals surface area contributed by atoms with E-state index < -0.39 is 17.8 Å². The van der Waals surface area contributed by atoms with Gasteiger partial charge in [0.05, 0.1) is 5.69 Å². The number of fused-ring (bicyclic) bond motifs is 1. The molecule has 0 saturated carbocycles. The van der Waals surface area contributed by atoms with E-state index in [4.69, 9.17) is 16.3 Å². The minimum absolute atomic E-state index is 0.211. The smallest absolute Gasteiger partial charge is 0.335 e. The van der Waals surface area contributed by atoms with Crippen LogP contribution in [0.5, 0.6) is 5.75 Å². The zero-order valence-corrected chi connectivity index (χ0v) is 22.0. The minimum atomic E-state index is -0.813. The van der Waals surface area contributed by atoms with E-state index in [1.54, 1.807) is 36.4 Å². The standard InChI is InChI=1S/C29H20BrClN2O4/c1-17-13-22(10-11-25(17)30)33-28(35)24(27(34)32-29(33)36)15-20-14-21(31)9-12-26(20)37-16-19-7-4-6-18-5-2-3-8-23(18)19/h2-15H,16H2,1H3,(H,32,34,36)/b24-15-. The Morgan fingerprint density at radius 3 is 2.57 bits per heavy atom. The zero-order chi connectivity index (χ0) is 26.1. The number of hydrogen-bond acceptors (Lipinski definition) is 4. The summed E-state index contributed by atoms with van der Waals surface area (Å²) in [6.07, 6.45) is 1.40. The van der Waals surface area contributed by atoms with E-state index in [2.05, 4.69) is 21.2 Å². The van der Waals surface area contributed by atoms with Gasteiger partial charge in [-0.2, -0.15) is 0 Å². The summed E-state index contributed by atoms with van der Waals surface area (Å²) in [7, 11) is 0. The van der Waals surface area contributed by atoms with Crippen LogP contribution >= 0.6 is 27.5 Å². The van der Waals surface area contributed by atoms with E-state index in [0.717, 1.165) is 31.3 Å². The van der Waals surface area contributed by atoms with Gasteiger partial charge in [-0.3, -0.25) is 14.9 Å². The topological polar surface area (TPSA) is 75.7 Å². The Bertz CT molecular complexity index is 1610. The highest BCUT2D eigenvalue weighted by atomic mass is 79.9. The van der Waals surface area contributed by atoms with E-state index in [-0.39, 0.29) is 12.2 Å². The van der Waals surface area contributed by atoms with Crippen molar-refractivity contribution in [1.29, 1.82) is 0 Å². The number of ether oxygens (including phenoxy) is 1. The zero-order valence-electron chi connectivity index (χ0n) is 19.6. The largest absolute Gasteiger partial charge is 0.488 e. The van der Waals surface area contributed by atoms with Crippen LogP contribution in [0.1, 0.15) is 16.7 Å². The molecule has 1 saturated heterocycles. The van der Waals surface area contributed by atoms with Gasteiger partial charge in [0.2, 0.25) is 0 Å². The molecule has 0 atom stereocenters. The summed E-state index contributed by atoms with van der Waals surface area (Å²) in [5, 5.41) is 4.82. The lowest BCUT2D eigenvalue weighted by Crippen LogP contribution is -2.54. The number of anilines is 1. The summed E-state index contributed by atoms with van der Waals surface area (Å²) in [5.74, 6) is -1.09. The Balaban J connectivity index is 1.49. The second kappa shape index (κ2) is 10.2. The Morgan fingerprint density at radius 1 is 0.973 bits per heavy atom. The first-order valence-corrected chi connectivity index (χ1v) is 12.6. The van der Waals surface area contributed by atoms with Crippen molar-refractivity contribution in [2.75, 3.05) is 4.90 Å². The Labute approximate surface area is 226 Å². The summed E-state index contributed by atoms with van der Waals surface area (Å²) >= 11 is 9.66. The van der Waals surface area contributed by atoms with Crippen molar-refractivity contribution < 1.29 is 19.1 Å². The van der Waals surface area contributed by atoms with Gasteiger partial charge in [0, 0.05) is 15.1 Å². The molecule has 0 radical (unpaired) electrons. The lowest BCUT2D eigenvalue weighted by Gasteiger charge is -2.27. The fraction of sp³-hybridized carbons (Fsp3) is 0.0690. The van der Waals surface area contributed by atoms with Gasteiger partial charge < -0.3 is 4.74 Å². The second-order valence-electron chi connectivity index (χ2n) is 8.50. The lowest BCUT2D eigenvalue weighted by atomic mass is 10.0. The van der Waals surface area contributed by atoms with Crippen LogP contribution in [-0.4, -0.2) is 17.8 Å². The Kier molecular flexibility index (Phi) is 6.82. The van der Waals surface area contributed by atoms with Gasteiger partial charge in [0.25, 0.3) is 11.8 Å². The fourth-order valence-electron chi connectivity index (χ4n) is 4.15. The summed E-state index contributed by atoms with van der Waals surface area (Å²) in [6.45, 7) is 2.11. The predicted molar refractivity (Wildman–Crippen MR) is 148 cm³/mol. The van der Waals surface area contributed by atoms with Crippen molar-refractivity contribution in [2.45, 2.75) is 13.5 Å². The van der Waals surface area contributed by atoms with Gasteiger partial charge in [0.15, 0.2) is 0 Å². The molecule has 1 fully saturated rings. The maximum Gasteiger partial charge on any atom is 0.335 e. The number of hydrogen-bond donors (Lipinski definition) is 1. The maximum absolute atomic E-state index is 13.4. The quantitative estimate of drug-likeness (QED) is 0.210. The second-order valence-corrected chi connectivity index (χ2v) is 9.79. The van der Waals surface area contributed by atoms with Crippen LogP contribution in [0.15, 0.2) is 88.9 Å². The number of aryl methyl sites for hydroxylation is 1. The monoisotopic (exact) mass is 574 g/mol. The molecule has 1 aliphatic heterocycles. The van der Waals surface area contributed by atoms with Crippen LogP contribution in [0.2, 0.25) is 5.02 Å². The van der Waals surface area contributed by atoms with Crippen molar-refractivity contribution in [3.63, 3.8) is 0 Å².